The van der Waals surface area contributed by atoms with Gasteiger partial charge in [0, 0.05) is 0 Å². The molecule has 2 atom stereocenters. The summed E-state index contributed by atoms with van der Waals surface area (Å²) in [6.07, 6.45) is 5.37. The van der Waals surface area contributed by atoms with Crippen LogP contribution in [0.15, 0.2) is 16.7 Å². The van der Waals surface area contributed by atoms with Gasteiger partial charge in [-0.15, -0.1) is 0 Å². The van der Waals surface area contributed by atoms with E-state index in [0.717, 1.165) is 22.0 Å². The van der Waals surface area contributed by atoms with Gasteiger partial charge in [-0.1, -0.05) is 13.3 Å². The third kappa shape index (κ3) is 2.97. The van der Waals surface area contributed by atoms with E-state index in [1.165, 1.54) is 25.7 Å². The Morgan fingerprint density at radius 2 is 2.19 bits per heavy atom. The Balaban J connectivity index is 2.02. The van der Waals surface area contributed by atoms with Crippen LogP contribution in [0.5, 0.6) is 5.75 Å². The summed E-state index contributed by atoms with van der Waals surface area (Å²) in [4.78, 5) is 4.35. The van der Waals surface area contributed by atoms with Crippen molar-refractivity contribution in [3.8, 4) is 5.75 Å². The quantitative estimate of drug-likeness (QED) is 0.762. The Bertz CT molecular complexity index is 367. The number of halogens is 1. The van der Waals surface area contributed by atoms with Crippen molar-refractivity contribution in [2.75, 3.05) is 0 Å². The molecule has 88 valence electrons. The molecule has 0 spiro atoms. The first-order valence-electron chi connectivity index (χ1n) is 5.95. The Morgan fingerprint density at radius 3 is 2.88 bits per heavy atom. The smallest absolute Gasteiger partial charge is 0.140 e. The highest BCUT2D eigenvalue weighted by molar-refractivity contribution is 9.10. The van der Waals surface area contributed by atoms with Gasteiger partial charge >= 0.3 is 0 Å². The first-order valence-corrected chi connectivity index (χ1v) is 6.74. The van der Waals surface area contributed by atoms with Crippen molar-refractivity contribution < 1.29 is 4.74 Å². The van der Waals surface area contributed by atoms with Gasteiger partial charge in [0.2, 0.25) is 0 Å². The summed E-state index contributed by atoms with van der Waals surface area (Å²) in [5.41, 5.74) is 0.965. The first kappa shape index (κ1) is 11.9. The van der Waals surface area contributed by atoms with E-state index in [0.29, 0.717) is 6.10 Å². The van der Waals surface area contributed by atoms with Crippen molar-refractivity contribution in [2.24, 2.45) is 5.92 Å². The van der Waals surface area contributed by atoms with Crippen molar-refractivity contribution >= 4 is 15.9 Å². The van der Waals surface area contributed by atoms with Gasteiger partial charge in [-0.2, -0.15) is 0 Å². The minimum absolute atomic E-state index is 0.380. The van der Waals surface area contributed by atoms with E-state index in [-0.39, 0.29) is 0 Å². The molecule has 0 saturated heterocycles. The average molecular weight is 284 g/mol. The number of pyridine rings is 1. The summed E-state index contributed by atoms with van der Waals surface area (Å²) >= 11 is 3.36. The highest BCUT2D eigenvalue weighted by Gasteiger charge is 2.20. The zero-order valence-electron chi connectivity index (χ0n) is 9.87. The van der Waals surface area contributed by atoms with Crippen LogP contribution in [0.25, 0.3) is 0 Å². The largest absolute Gasteiger partial charge is 0.489 e. The van der Waals surface area contributed by atoms with Crippen LogP contribution < -0.4 is 4.74 Å². The number of hydrogen-bond donors (Lipinski definition) is 0. The van der Waals surface area contributed by atoms with Gasteiger partial charge in [-0.3, -0.25) is 0 Å². The molecule has 1 aliphatic rings. The summed E-state index contributed by atoms with van der Waals surface area (Å²) in [7, 11) is 0. The Hall–Kier alpha value is -0.570. The maximum Gasteiger partial charge on any atom is 0.140 e. The van der Waals surface area contributed by atoms with Crippen molar-refractivity contribution in [2.45, 2.75) is 45.6 Å². The minimum Gasteiger partial charge on any atom is -0.489 e. The lowest BCUT2D eigenvalue weighted by molar-refractivity contribution is 0.128. The fraction of sp³-hybridized carbons (Fsp3) is 0.615. The summed E-state index contributed by atoms with van der Waals surface area (Å²) in [5, 5.41) is 0. The van der Waals surface area contributed by atoms with Crippen LogP contribution in [0, 0.1) is 12.8 Å². The molecule has 2 rings (SSSR count). The predicted octanol–water partition coefficient (Wildman–Crippen LogP) is 4.11. The minimum atomic E-state index is 0.380. The van der Waals surface area contributed by atoms with E-state index >= 15 is 0 Å². The van der Waals surface area contributed by atoms with E-state index in [4.69, 9.17) is 4.74 Å². The number of aryl methyl sites for hydroxylation is 1. The molecule has 0 aromatic carbocycles. The second-order valence-corrected chi connectivity index (χ2v) is 5.54. The van der Waals surface area contributed by atoms with Gasteiger partial charge in [-0.25, -0.2) is 4.98 Å². The molecule has 16 heavy (non-hydrogen) atoms. The Labute approximate surface area is 106 Å². The summed E-state index contributed by atoms with van der Waals surface area (Å²) in [6.45, 7) is 4.30. The molecule has 1 aromatic heterocycles. The van der Waals surface area contributed by atoms with Gasteiger partial charge in [-0.05, 0) is 60.2 Å². The fourth-order valence-electron chi connectivity index (χ4n) is 2.31. The van der Waals surface area contributed by atoms with E-state index in [1.54, 1.807) is 0 Å². The van der Waals surface area contributed by atoms with Gasteiger partial charge < -0.3 is 4.74 Å². The number of hydrogen-bond acceptors (Lipinski definition) is 2. The first-order chi connectivity index (χ1) is 7.65. The zero-order valence-corrected chi connectivity index (χ0v) is 11.5. The zero-order chi connectivity index (χ0) is 11.5. The highest BCUT2D eigenvalue weighted by atomic mass is 79.9. The van der Waals surface area contributed by atoms with Crippen molar-refractivity contribution in [3.63, 3.8) is 0 Å². The molecule has 2 nitrogen and oxygen atoms in total. The van der Waals surface area contributed by atoms with E-state index in [9.17, 15) is 0 Å². The average Bonchev–Trinajstić information content (AvgIpc) is 2.22. The van der Waals surface area contributed by atoms with Gasteiger partial charge in [0.1, 0.15) is 10.4 Å². The van der Waals surface area contributed by atoms with E-state index in [2.05, 4.69) is 27.8 Å². The van der Waals surface area contributed by atoms with E-state index < -0.39 is 0 Å². The molecule has 1 aliphatic carbocycles. The molecule has 1 aromatic rings. The number of nitrogens with zero attached hydrogens (tertiary/aromatic N) is 1. The van der Waals surface area contributed by atoms with Gasteiger partial charge in [0.15, 0.2) is 0 Å². The molecule has 1 saturated carbocycles. The molecule has 1 fully saturated rings. The van der Waals surface area contributed by atoms with Crippen molar-refractivity contribution in [1.82, 2.24) is 4.98 Å². The third-order valence-corrected chi connectivity index (χ3v) is 3.63. The second kappa shape index (κ2) is 5.17. The topological polar surface area (TPSA) is 22.1 Å². The third-order valence-electron chi connectivity index (χ3n) is 3.19. The van der Waals surface area contributed by atoms with Gasteiger partial charge in [0.05, 0.1) is 11.8 Å². The number of ether oxygens (including phenoxy) is 1. The normalized spacial score (nSPS) is 25.4. The maximum atomic E-state index is 6.03. The molecule has 0 amide bonds. The predicted molar refractivity (Wildman–Crippen MR) is 68.7 cm³/mol. The summed E-state index contributed by atoms with van der Waals surface area (Å²) in [5.74, 6) is 1.73. The lowest BCUT2D eigenvalue weighted by atomic mass is 9.89. The van der Waals surface area contributed by atoms with Crippen LogP contribution in [0.4, 0.5) is 0 Å². The fourth-order valence-corrected chi connectivity index (χ4v) is 2.71. The van der Waals surface area contributed by atoms with E-state index in [1.807, 2.05) is 19.1 Å². The Morgan fingerprint density at radius 1 is 1.38 bits per heavy atom. The lowest BCUT2D eigenvalue weighted by Crippen LogP contribution is -2.24. The summed E-state index contributed by atoms with van der Waals surface area (Å²) < 4.78 is 6.90. The molecular weight excluding hydrogens is 266 g/mol. The molecular formula is C13H18BrNO. The number of aromatic nitrogens is 1. The van der Waals surface area contributed by atoms with Crippen LogP contribution in [-0.4, -0.2) is 11.1 Å². The standard InChI is InChI=1S/C13H18BrNO/c1-9-4-3-5-11(8-9)16-12-6-7-13(14)15-10(12)2/h6-7,9,11H,3-5,8H2,1-2H3/t9-,11-/m0/s1. The van der Waals surface area contributed by atoms with Crippen LogP contribution in [-0.2, 0) is 0 Å². The number of rotatable bonds is 2. The van der Waals surface area contributed by atoms with Crippen LogP contribution in [0.3, 0.4) is 0 Å². The molecule has 0 aliphatic heterocycles. The van der Waals surface area contributed by atoms with Crippen molar-refractivity contribution in [3.05, 3.63) is 22.4 Å². The lowest BCUT2D eigenvalue weighted by Gasteiger charge is -2.27. The maximum absolute atomic E-state index is 6.03. The molecule has 0 N–H and O–H groups in total. The van der Waals surface area contributed by atoms with Crippen molar-refractivity contribution in [1.29, 1.82) is 0 Å². The van der Waals surface area contributed by atoms with Crippen LogP contribution in [0.1, 0.15) is 38.3 Å². The molecule has 1 heterocycles. The van der Waals surface area contributed by atoms with Crippen LogP contribution >= 0.6 is 15.9 Å². The molecule has 0 bridgehead atoms. The molecule has 3 heteroatoms. The second-order valence-electron chi connectivity index (χ2n) is 4.73. The SMILES string of the molecule is Cc1nc(Br)ccc1O[C@H]1CCC[C@H](C)C1. The summed E-state index contributed by atoms with van der Waals surface area (Å²) in [6, 6.07) is 3.94. The molecule has 0 radical (unpaired) electrons. The monoisotopic (exact) mass is 283 g/mol. The van der Waals surface area contributed by atoms with Gasteiger partial charge in [0.25, 0.3) is 0 Å². The highest BCUT2D eigenvalue weighted by Crippen LogP contribution is 2.28. The Kier molecular flexibility index (Phi) is 3.85. The molecule has 0 unspecified atom stereocenters. The van der Waals surface area contributed by atoms with Crippen LogP contribution in [0.2, 0.25) is 0 Å².